The first-order chi connectivity index (χ1) is 7.74. The summed E-state index contributed by atoms with van der Waals surface area (Å²) >= 11 is 0. The maximum Gasteiger partial charge on any atom is 0.132 e. The third-order valence-corrected chi connectivity index (χ3v) is 2.70. The molecule has 2 rings (SSSR count). The van der Waals surface area contributed by atoms with E-state index in [1.54, 1.807) is 12.1 Å². The number of aryl methyl sites for hydroxylation is 1. The second kappa shape index (κ2) is 4.49. The van der Waals surface area contributed by atoms with Crippen LogP contribution in [0.4, 0.5) is 4.39 Å². The van der Waals surface area contributed by atoms with E-state index in [0.29, 0.717) is 18.7 Å². The molecule has 2 nitrogen and oxygen atoms in total. The molecule has 84 valence electrons. The van der Waals surface area contributed by atoms with Gasteiger partial charge in [0.15, 0.2) is 0 Å². The van der Waals surface area contributed by atoms with E-state index in [4.69, 9.17) is 5.73 Å². The van der Waals surface area contributed by atoms with Crippen LogP contribution in [0, 0.1) is 12.7 Å². The highest BCUT2D eigenvalue weighted by Crippen LogP contribution is 2.24. The van der Waals surface area contributed by atoms with Crippen LogP contribution in [0.1, 0.15) is 5.69 Å². The number of hydrogen-bond acceptors (Lipinski definition) is 1. The van der Waals surface area contributed by atoms with Gasteiger partial charge in [-0.2, -0.15) is 0 Å². The normalized spacial score (nSPS) is 10.7. The molecule has 0 aliphatic rings. The molecule has 0 amide bonds. The van der Waals surface area contributed by atoms with Gasteiger partial charge in [-0.05, 0) is 31.2 Å². The predicted molar refractivity (Wildman–Crippen MR) is 63.6 cm³/mol. The first-order valence-corrected chi connectivity index (χ1v) is 5.35. The summed E-state index contributed by atoms with van der Waals surface area (Å²) in [5.74, 6) is -0.195. The van der Waals surface area contributed by atoms with Crippen molar-refractivity contribution in [1.29, 1.82) is 0 Å². The summed E-state index contributed by atoms with van der Waals surface area (Å²) in [4.78, 5) is 0. The monoisotopic (exact) mass is 218 g/mol. The molecule has 1 aromatic carbocycles. The Labute approximate surface area is 94.5 Å². The molecule has 2 aromatic rings. The van der Waals surface area contributed by atoms with Crippen molar-refractivity contribution in [1.82, 2.24) is 4.57 Å². The number of rotatable bonds is 3. The molecule has 0 spiro atoms. The van der Waals surface area contributed by atoms with Gasteiger partial charge >= 0.3 is 0 Å². The number of nitrogens with zero attached hydrogens (tertiary/aromatic N) is 1. The summed E-state index contributed by atoms with van der Waals surface area (Å²) in [6.07, 6.45) is 0. The van der Waals surface area contributed by atoms with E-state index in [0.717, 1.165) is 11.4 Å². The second-order valence-electron chi connectivity index (χ2n) is 3.78. The molecule has 0 unspecified atom stereocenters. The fourth-order valence-corrected chi connectivity index (χ4v) is 1.90. The van der Waals surface area contributed by atoms with Crippen molar-refractivity contribution in [3.8, 4) is 11.3 Å². The fourth-order valence-electron chi connectivity index (χ4n) is 1.90. The minimum Gasteiger partial charge on any atom is -0.344 e. The van der Waals surface area contributed by atoms with Gasteiger partial charge in [-0.1, -0.05) is 12.1 Å². The van der Waals surface area contributed by atoms with Crippen LogP contribution in [0.25, 0.3) is 11.3 Å². The van der Waals surface area contributed by atoms with Crippen molar-refractivity contribution in [2.24, 2.45) is 5.73 Å². The Balaban J connectivity index is 2.52. The van der Waals surface area contributed by atoms with Gasteiger partial charge < -0.3 is 10.3 Å². The average Bonchev–Trinajstić information content (AvgIpc) is 2.62. The fraction of sp³-hybridized carbons (Fsp3) is 0.231. The zero-order valence-corrected chi connectivity index (χ0v) is 9.28. The van der Waals surface area contributed by atoms with Gasteiger partial charge in [-0.25, -0.2) is 4.39 Å². The molecular formula is C13H15FN2. The van der Waals surface area contributed by atoms with Crippen molar-refractivity contribution in [2.75, 3.05) is 6.54 Å². The lowest BCUT2D eigenvalue weighted by atomic mass is 10.1. The van der Waals surface area contributed by atoms with Crippen LogP contribution in [-0.2, 0) is 6.54 Å². The van der Waals surface area contributed by atoms with Gasteiger partial charge in [0.05, 0.1) is 5.69 Å². The van der Waals surface area contributed by atoms with E-state index >= 15 is 0 Å². The Kier molecular flexibility index (Phi) is 3.06. The van der Waals surface area contributed by atoms with Crippen LogP contribution in [0.2, 0.25) is 0 Å². The first-order valence-electron chi connectivity index (χ1n) is 5.35. The number of benzene rings is 1. The van der Waals surface area contributed by atoms with E-state index < -0.39 is 0 Å². The molecule has 0 saturated carbocycles. The standard InChI is InChI=1S/C13H15FN2/c1-10-6-7-13(16(10)9-8-15)11-4-2-3-5-12(11)14/h2-7H,8-9,15H2,1H3. The lowest BCUT2D eigenvalue weighted by Gasteiger charge is -2.11. The molecule has 16 heavy (non-hydrogen) atoms. The topological polar surface area (TPSA) is 30.9 Å². The van der Waals surface area contributed by atoms with Gasteiger partial charge in [0, 0.05) is 24.3 Å². The van der Waals surface area contributed by atoms with Crippen LogP contribution in [0.3, 0.4) is 0 Å². The summed E-state index contributed by atoms with van der Waals surface area (Å²) in [6, 6.07) is 10.7. The minimum absolute atomic E-state index is 0.195. The number of nitrogens with two attached hydrogens (primary N) is 1. The van der Waals surface area contributed by atoms with Gasteiger partial charge in [0.1, 0.15) is 5.82 Å². The average molecular weight is 218 g/mol. The molecule has 0 saturated heterocycles. The van der Waals surface area contributed by atoms with Gasteiger partial charge in [-0.15, -0.1) is 0 Å². The van der Waals surface area contributed by atoms with Crippen molar-refractivity contribution in [3.05, 3.63) is 47.9 Å². The maximum atomic E-state index is 13.7. The summed E-state index contributed by atoms with van der Waals surface area (Å²) < 4.78 is 15.7. The van der Waals surface area contributed by atoms with E-state index in [2.05, 4.69) is 0 Å². The van der Waals surface area contributed by atoms with Crippen LogP contribution < -0.4 is 5.73 Å². The molecule has 0 radical (unpaired) electrons. The van der Waals surface area contributed by atoms with Crippen LogP contribution >= 0.6 is 0 Å². The smallest absolute Gasteiger partial charge is 0.132 e. The quantitative estimate of drug-likeness (QED) is 0.843. The minimum atomic E-state index is -0.195. The van der Waals surface area contributed by atoms with E-state index in [9.17, 15) is 4.39 Å². The zero-order valence-electron chi connectivity index (χ0n) is 9.28. The molecule has 0 fully saturated rings. The third-order valence-electron chi connectivity index (χ3n) is 2.70. The van der Waals surface area contributed by atoms with Crippen molar-refractivity contribution < 1.29 is 4.39 Å². The Morgan fingerprint density at radius 3 is 2.62 bits per heavy atom. The molecule has 2 N–H and O–H groups in total. The van der Waals surface area contributed by atoms with Crippen LogP contribution in [0.15, 0.2) is 36.4 Å². The molecule has 0 bridgehead atoms. The van der Waals surface area contributed by atoms with E-state index in [1.807, 2.05) is 29.7 Å². The molecule has 1 heterocycles. The molecule has 0 aliphatic heterocycles. The van der Waals surface area contributed by atoms with E-state index in [-0.39, 0.29) is 5.82 Å². The number of halogens is 1. The van der Waals surface area contributed by atoms with Gasteiger partial charge in [0.25, 0.3) is 0 Å². The highest BCUT2D eigenvalue weighted by molar-refractivity contribution is 5.61. The Morgan fingerprint density at radius 2 is 1.94 bits per heavy atom. The molecule has 0 aliphatic carbocycles. The zero-order chi connectivity index (χ0) is 11.5. The highest BCUT2D eigenvalue weighted by atomic mass is 19.1. The summed E-state index contributed by atoms with van der Waals surface area (Å²) in [7, 11) is 0. The van der Waals surface area contributed by atoms with Crippen LogP contribution in [-0.4, -0.2) is 11.1 Å². The summed E-state index contributed by atoms with van der Waals surface area (Å²) in [5, 5.41) is 0. The predicted octanol–water partition coefficient (Wildman–Crippen LogP) is 2.56. The Morgan fingerprint density at radius 1 is 1.19 bits per heavy atom. The van der Waals surface area contributed by atoms with Crippen molar-refractivity contribution >= 4 is 0 Å². The lowest BCUT2D eigenvalue weighted by molar-refractivity contribution is 0.626. The number of hydrogen-bond donors (Lipinski definition) is 1. The van der Waals surface area contributed by atoms with Crippen molar-refractivity contribution in [3.63, 3.8) is 0 Å². The number of aromatic nitrogens is 1. The van der Waals surface area contributed by atoms with Gasteiger partial charge in [0.2, 0.25) is 0 Å². The molecule has 1 aromatic heterocycles. The molecule has 0 atom stereocenters. The van der Waals surface area contributed by atoms with Gasteiger partial charge in [-0.3, -0.25) is 0 Å². The molecular weight excluding hydrogens is 203 g/mol. The maximum absolute atomic E-state index is 13.7. The highest BCUT2D eigenvalue weighted by Gasteiger charge is 2.10. The SMILES string of the molecule is Cc1ccc(-c2ccccc2F)n1CCN. The summed E-state index contributed by atoms with van der Waals surface area (Å²) in [6.45, 7) is 3.26. The Hall–Kier alpha value is -1.61. The summed E-state index contributed by atoms with van der Waals surface area (Å²) in [5.41, 5.74) is 8.18. The Bertz CT molecular complexity index is 488. The van der Waals surface area contributed by atoms with Crippen molar-refractivity contribution in [2.45, 2.75) is 13.5 Å². The van der Waals surface area contributed by atoms with E-state index in [1.165, 1.54) is 6.07 Å². The third kappa shape index (κ3) is 1.86. The first kappa shape index (κ1) is 10.9. The largest absolute Gasteiger partial charge is 0.344 e. The molecule has 3 heteroatoms. The lowest BCUT2D eigenvalue weighted by Crippen LogP contribution is -2.12. The van der Waals surface area contributed by atoms with Crippen LogP contribution in [0.5, 0.6) is 0 Å². The second-order valence-corrected chi connectivity index (χ2v) is 3.78.